The molecule has 0 spiro atoms. The first-order valence-corrected chi connectivity index (χ1v) is 9.82. The van der Waals surface area contributed by atoms with Crippen LogP contribution < -0.4 is 0 Å². The van der Waals surface area contributed by atoms with Gasteiger partial charge in [-0.05, 0) is 56.9 Å². The summed E-state index contributed by atoms with van der Waals surface area (Å²) in [6.07, 6.45) is 0. The van der Waals surface area contributed by atoms with Crippen LogP contribution in [0.1, 0.15) is 0 Å². The molecule has 5 aromatic rings. The quantitative estimate of drug-likeness (QED) is 0.104. The van der Waals surface area contributed by atoms with E-state index in [0.29, 0.717) is 11.6 Å². The normalized spacial score (nSPS) is 11.5. The van der Waals surface area contributed by atoms with E-state index in [1.165, 1.54) is 0 Å². The molecular weight excluding hydrogens is 464 g/mol. The lowest BCUT2D eigenvalue weighted by Crippen LogP contribution is -2.05. The molecule has 5 rings (SSSR count). The van der Waals surface area contributed by atoms with Crippen LogP contribution in [0.5, 0.6) is 0 Å². The van der Waals surface area contributed by atoms with Gasteiger partial charge in [0.2, 0.25) is 5.82 Å². The summed E-state index contributed by atoms with van der Waals surface area (Å²) in [4.78, 5) is 0. The number of hydrogen-bond donors (Lipinski definition) is 0. The SMILES string of the molecule is Fc1ccc2c(-c3c(F)c(F)c(F)c(F)c3F)c3cc(F)c(F)cc3c(-c3ccccc3)c2c1. The highest BCUT2D eigenvalue weighted by Crippen LogP contribution is 2.46. The van der Waals surface area contributed by atoms with Gasteiger partial charge < -0.3 is 0 Å². The standard InChI is InChI=1S/C26H10F8/c27-12-6-7-13-14(8-12)19(11-4-2-1-3-5-11)15-9-17(28)18(29)10-16(15)20(13)21-22(30)24(32)26(34)25(33)23(21)31/h1-10H. The van der Waals surface area contributed by atoms with E-state index in [9.17, 15) is 35.1 Å². The minimum atomic E-state index is -2.36. The van der Waals surface area contributed by atoms with Crippen LogP contribution in [0.4, 0.5) is 35.1 Å². The second-order valence-corrected chi connectivity index (χ2v) is 7.56. The summed E-state index contributed by atoms with van der Waals surface area (Å²) in [6, 6.07) is 12.5. The minimum absolute atomic E-state index is 0.00338. The lowest BCUT2D eigenvalue weighted by molar-refractivity contribution is 0.381. The van der Waals surface area contributed by atoms with Crippen molar-refractivity contribution >= 4 is 21.5 Å². The molecule has 0 fully saturated rings. The van der Waals surface area contributed by atoms with Gasteiger partial charge in [0.25, 0.3) is 0 Å². The fourth-order valence-corrected chi connectivity index (χ4v) is 4.20. The summed E-state index contributed by atoms with van der Waals surface area (Å²) in [5.74, 6) is -14.6. The number of hydrogen-bond acceptors (Lipinski definition) is 0. The molecule has 0 aliphatic rings. The molecule has 8 heteroatoms. The molecule has 170 valence electrons. The summed E-state index contributed by atoms with van der Waals surface area (Å²) in [6.45, 7) is 0. The minimum Gasteiger partial charge on any atom is -0.207 e. The van der Waals surface area contributed by atoms with Crippen LogP contribution >= 0.6 is 0 Å². The van der Waals surface area contributed by atoms with Crippen molar-refractivity contribution in [1.82, 2.24) is 0 Å². The Bertz CT molecular complexity index is 1600. The fraction of sp³-hybridized carbons (Fsp3) is 0. The van der Waals surface area contributed by atoms with Crippen molar-refractivity contribution < 1.29 is 35.1 Å². The zero-order valence-electron chi connectivity index (χ0n) is 16.8. The predicted octanol–water partition coefficient (Wildman–Crippen LogP) is 8.44. The van der Waals surface area contributed by atoms with Crippen LogP contribution in [0.2, 0.25) is 0 Å². The van der Waals surface area contributed by atoms with Crippen molar-refractivity contribution in [2.24, 2.45) is 0 Å². The Morgan fingerprint density at radius 1 is 0.382 bits per heavy atom. The van der Waals surface area contributed by atoms with Gasteiger partial charge in [-0.1, -0.05) is 36.4 Å². The van der Waals surface area contributed by atoms with E-state index in [2.05, 4.69) is 0 Å². The molecule has 0 saturated carbocycles. The Labute approximate surface area is 186 Å². The first-order chi connectivity index (χ1) is 16.2. The van der Waals surface area contributed by atoms with E-state index in [1.807, 2.05) is 0 Å². The Morgan fingerprint density at radius 2 is 0.882 bits per heavy atom. The summed E-state index contributed by atoms with van der Waals surface area (Å²) >= 11 is 0. The zero-order chi connectivity index (χ0) is 24.3. The fourth-order valence-electron chi connectivity index (χ4n) is 4.20. The van der Waals surface area contributed by atoms with Gasteiger partial charge in [0.1, 0.15) is 5.82 Å². The van der Waals surface area contributed by atoms with Gasteiger partial charge in [0.05, 0.1) is 5.56 Å². The van der Waals surface area contributed by atoms with Gasteiger partial charge in [-0.15, -0.1) is 0 Å². The molecular formula is C26H10F8. The Morgan fingerprint density at radius 3 is 1.47 bits per heavy atom. The molecule has 0 amide bonds. The smallest absolute Gasteiger partial charge is 0.200 e. The number of halogens is 8. The zero-order valence-corrected chi connectivity index (χ0v) is 16.8. The van der Waals surface area contributed by atoms with Crippen molar-refractivity contribution in [3.63, 3.8) is 0 Å². The summed E-state index contributed by atoms with van der Waals surface area (Å²) in [5.41, 5.74) is -1.30. The van der Waals surface area contributed by atoms with Crippen molar-refractivity contribution in [3.8, 4) is 22.3 Å². The highest BCUT2D eigenvalue weighted by Gasteiger charge is 2.30. The first kappa shape index (κ1) is 21.9. The van der Waals surface area contributed by atoms with Gasteiger partial charge in [-0.3, -0.25) is 0 Å². The van der Waals surface area contributed by atoms with Crippen LogP contribution in [0.15, 0.2) is 60.7 Å². The van der Waals surface area contributed by atoms with Gasteiger partial charge in [-0.2, -0.15) is 0 Å². The molecule has 0 saturated heterocycles. The molecule has 0 radical (unpaired) electrons. The molecule has 5 aromatic carbocycles. The maximum Gasteiger partial charge on any atom is 0.200 e. The van der Waals surface area contributed by atoms with E-state index >= 15 is 0 Å². The van der Waals surface area contributed by atoms with E-state index < -0.39 is 57.7 Å². The lowest BCUT2D eigenvalue weighted by Gasteiger charge is -2.19. The third-order valence-corrected chi connectivity index (χ3v) is 5.64. The monoisotopic (exact) mass is 474 g/mol. The van der Waals surface area contributed by atoms with Crippen LogP contribution in [-0.2, 0) is 0 Å². The Balaban J connectivity index is 2.11. The molecule has 0 aromatic heterocycles. The predicted molar refractivity (Wildman–Crippen MR) is 112 cm³/mol. The van der Waals surface area contributed by atoms with Gasteiger partial charge >= 0.3 is 0 Å². The number of fused-ring (bicyclic) bond motifs is 2. The molecule has 34 heavy (non-hydrogen) atoms. The molecule has 0 N–H and O–H groups in total. The highest BCUT2D eigenvalue weighted by molar-refractivity contribution is 6.21. The van der Waals surface area contributed by atoms with E-state index in [4.69, 9.17) is 0 Å². The van der Waals surface area contributed by atoms with Gasteiger partial charge in [0.15, 0.2) is 34.9 Å². The maximum absolute atomic E-state index is 14.9. The van der Waals surface area contributed by atoms with Crippen LogP contribution in [-0.4, -0.2) is 0 Å². The second kappa shape index (κ2) is 7.83. The largest absolute Gasteiger partial charge is 0.207 e. The van der Waals surface area contributed by atoms with Crippen molar-refractivity contribution in [2.75, 3.05) is 0 Å². The van der Waals surface area contributed by atoms with Gasteiger partial charge in [0, 0.05) is 5.56 Å². The lowest BCUT2D eigenvalue weighted by atomic mass is 9.85. The van der Waals surface area contributed by atoms with Crippen LogP contribution in [0.25, 0.3) is 43.8 Å². The Hall–Kier alpha value is -3.94. The summed E-state index contributed by atoms with van der Waals surface area (Å²) in [5, 5.41) is -0.548. The second-order valence-electron chi connectivity index (χ2n) is 7.56. The van der Waals surface area contributed by atoms with Gasteiger partial charge in [-0.25, -0.2) is 35.1 Å². The first-order valence-electron chi connectivity index (χ1n) is 9.82. The molecule has 0 bridgehead atoms. The topological polar surface area (TPSA) is 0 Å². The third-order valence-electron chi connectivity index (χ3n) is 5.64. The molecule has 0 heterocycles. The summed E-state index contributed by atoms with van der Waals surface area (Å²) in [7, 11) is 0. The number of rotatable bonds is 2. The van der Waals surface area contributed by atoms with E-state index in [0.717, 1.165) is 24.3 Å². The molecule has 0 aliphatic carbocycles. The molecule has 0 nitrogen and oxygen atoms in total. The Kier molecular flexibility index (Phi) is 5.04. The molecule has 0 aliphatic heterocycles. The average molecular weight is 474 g/mol. The molecule has 0 unspecified atom stereocenters. The third kappa shape index (κ3) is 3.13. The van der Waals surface area contributed by atoms with Crippen molar-refractivity contribution in [1.29, 1.82) is 0 Å². The highest BCUT2D eigenvalue weighted by atomic mass is 19.2. The average Bonchev–Trinajstić information content (AvgIpc) is 2.83. The molecule has 0 atom stereocenters. The summed E-state index contributed by atoms with van der Waals surface area (Å²) < 4.78 is 115. The number of benzene rings is 5. The van der Waals surface area contributed by atoms with Crippen molar-refractivity contribution in [3.05, 3.63) is 107 Å². The van der Waals surface area contributed by atoms with Crippen LogP contribution in [0, 0.1) is 46.5 Å². The maximum atomic E-state index is 14.9. The van der Waals surface area contributed by atoms with E-state index in [-0.39, 0.29) is 27.1 Å². The van der Waals surface area contributed by atoms with Crippen molar-refractivity contribution in [2.45, 2.75) is 0 Å². The van der Waals surface area contributed by atoms with E-state index in [1.54, 1.807) is 30.3 Å². The van der Waals surface area contributed by atoms with Crippen LogP contribution in [0.3, 0.4) is 0 Å².